The van der Waals surface area contributed by atoms with Gasteiger partial charge in [-0.05, 0) is 29.5 Å². The van der Waals surface area contributed by atoms with Crippen molar-refractivity contribution in [2.45, 2.75) is 38.5 Å². The van der Waals surface area contributed by atoms with Crippen molar-refractivity contribution < 1.29 is 4.74 Å². The Morgan fingerprint density at radius 2 is 2.18 bits per heavy atom. The zero-order valence-corrected chi connectivity index (χ0v) is 10.9. The summed E-state index contributed by atoms with van der Waals surface area (Å²) in [5.41, 5.74) is 2.56. The quantitative estimate of drug-likeness (QED) is 0.793. The molecule has 1 aromatic rings. The van der Waals surface area contributed by atoms with E-state index < -0.39 is 0 Å². The zero-order valence-electron chi connectivity index (χ0n) is 10.9. The van der Waals surface area contributed by atoms with Crippen LogP contribution >= 0.6 is 0 Å². The fourth-order valence-corrected chi connectivity index (χ4v) is 2.41. The molecule has 0 amide bonds. The van der Waals surface area contributed by atoms with Gasteiger partial charge in [-0.25, -0.2) is 0 Å². The second kappa shape index (κ2) is 4.07. The average Bonchev–Trinajstić information content (AvgIpc) is 3.01. The third kappa shape index (κ3) is 1.91. The van der Waals surface area contributed by atoms with Crippen LogP contribution in [0.5, 0.6) is 5.75 Å². The molecule has 2 heteroatoms. The van der Waals surface area contributed by atoms with Gasteiger partial charge in [0.2, 0.25) is 0 Å². The van der Waals surface area contributed by atoms with Gasteiger partial charge in [0, 0.05) is 5.41 Å². The molecule has 0 bridgehead atoms. The van der Waals surface area contributed by atoms with Gasteiger partial charge in [0.05, 0.1) is 19.1 Å². The number of nitrogens with zero attached hydrogens (tertiary/aromatic N) is 1. The van der Waals surface area contributed by atoms with Crippen LogP contribution in [0.1, 0.15) is 44.2 Å². The Balaban J connectivity index is 2.39. The third-order valence-electron chi connectivity index (χ3n) is 3.90. The summed E-state index contributed by atoms with van der Waals surface area (Å²) in [6.07, 6.45) is 0.980. The number of ether oxygens (including phenoxy) is 1. The van der Waals surface area contributed by atoms with Crippen molar-refractivity contribution in [3.05, 3.63) is 29.3 Å². The Bertz CT molecular complexity index is 472. The molecule has 17 heavy (non-hydrogen) atoms. The van der Waals surface area contributed by atoms with Gasteiger partial charge in [0.1, 0.15) is 5.75 Å². The van der Waals surface area contributed by atoms with E-state index in [1.165, 1.54) is 11.1 Å². The summed E-state index contributed by atoms with van der Waals surface area (Å²) >= 11 is 0. The summed E-state index contributed by atoms with van der Waals surface area (Å²) in [7, 11) is 1.71. The topological polar surface area (TPSA) is 33.0 Å². The number of nitriles is 1. The summed E-state index contributed by atoms with van der Waals surface area (Å²) in [5.74, 6) is 1.56. The molecule has 0 saturated heterocycles. The van der Waals surface area contributed by atoms with E-state index >= 15 is 0 Å². The van der Waals surface area contributed by atoms with Crippen molar-refractivity contribution in [1.29, 1.82) is 5.26 Å². The average molecular weight is 229 g/mol. The summed E-state index contributed by atoms with van der Waals surface area (Å²) in [6, 6.07) is 8.71. The van der Waals surface area contributed by atoms with E-state index in [0.29, 0.717) is 5.92 Å². The minimum absolute atomic E-state index is 0.0602. The Morgan fingerprint density at radius 1 is 1.47 bits per heavy atom. The standard InChI is InChI=1S/C15H19NO/c1-10(2)13-7-11(5-6-14(13)17-4)15(3)8-12(15)9-16/h5-7,10,12H,8H2,1-4H3. The molecule has 0 radical (unpaired) electrons. The molecule has 2 rings (SSSR count). The molecule has 1 fully saturated rings. The summed E-state index contributed by atoms with van der Waals surface area (Å²) < 4.78 is 5.38. The van der Waals surface area contributed by atoms with Crippen molar-refractivity contribution in [1.82, 2.24) is 0 Å². The molecule has 1 saturated carbocycles. The maximum atomic E-state index is 9.01. The molecule has 1 aliphatic rings. The third-order valence-corrected chi connectivity index (χ3v) is 3.90. The lowest BCUT2D eigenvalue weighted by Gasteiger charge is -2.16. The number of methoxy groups -OCH3 is 1. The van der Waals surface area contributed by atoms with Gasteiger partial charge in [0.15, 0.2) is 0 Å². The maximum Gasteiger partial charge on any atom is 0.122 e. The van der Waals surface area contributed by atoms with Crippen LogP contribution in [0.3, 0.4) is 0 Å². The van der Waals surface area contributed by atoms with Crippen LogP contribution in [0.25, 0.3) is 0 Å². The minimum atomic E-state index is 0.0602. The molecule has 2 atom stereocenters. The van der Waals surface area contributed by atoms with Crippen LogP contribution in [0.2, 0.25) is 0 Å². The van der Waals surface area contributed by atoms with Gasteiger partial charge in [-0.15, -0.1) is 0 Å². The van der Waals surface area contributed by atoms with Crippen LogP contribution in [-0.2, 0) is 5.41 Å². The highest BCUT2D eigenvalue weighted by molar-refractivity contribution is 5.45. The number of benzene rings is 1. The molecule has 0 aromatic heterocycles. The van der Waals surface area contributed by atoms with Crippen LogP contribution in [0, 0.1) is 17.2 Å². The van der Waals surface area contributed by atoms with Gasteiger partial charge in [-0.2, -0.15) is 5.26 Å². The van der Waals surface area contributed by atoms with Crippen LogP contribution in [-0.4, -0.2) is 7.11 Å². The highest BCUT2D eigenvalue weighted by atomic mass is 16.5. The Morgan fingerprint density at radius 3 is 2.65 bits per heavy atom. The second-order valence-electron chi connectivity index (χ2n) is 5.41. The van der Waals surface area contributed by atoms with Crippen LogP contribution in [0.4, 0.5) is 0 Å². The Labute approximate surface area is 103 Å². The zero-order chi connectivity index (χ0) is 12.6. The summed E-state index contributed by atoms with van der Waals surface area (Å²) in [4.78, 5) is 0. The van der Waals surface area contributed by atoms with E-state index in [1.807, 2.05) is 6.07 Å². The van der Waals surface area contributed by atoms with E-state index in [2.05, 4.69) is 39.0 Å². The maximum absolute atomic E-state index is 9.01. The fraction of sp³-hybridized carbons (Fsp3) is 0.533. The normalized spacial score (nSPS) is 26.7. The van der Waals surface area contributed by atoms with Gasteiger partial charge in [-0.3, -0.25) is 0 Å². The number of hydrogen-bond donors (Lipinski definition) is 0. The highest BCUT2D eigenvalue weighted by Crippen LogP contribution is 2.54. The predicted octanol–water partition coefficient (Wildman–Crippen LogP) is 3.62. The van der Waals surface area contributed by atoms with E-state index in [0.717, 1.165) is 12.2 Å². The van der Waals surface area contributed by atoms with Crippen molar-refractivity contribution in [2.24, 2.45) is 5.92 Å². The van der Waals surface area contributed by atoms with Crippen LogP contribution < -0.4 is 4.74 Å². The van der Waals surface area contributed by atoms with Crippen molar-refractivity contribution in [3.8, 4) is 11.8 Å². The van der Waals surface area contributed by atoms with Crippen molar-refractivity contribution in [2.75, 3.05) is 7.11 Å². The molecular formula is C15H19NO. The Hall–Kier alpha value is -1.49. The monoisotopic (exact) mass is 229 g/mol. The largest absolute Gasteiger partial charge is 0.496 e. The molecular weight excluding hydrogens is 210 g/mol. The predicted molar refractivity (Wildman–Crippen MR) is 68.2 cm³/mol. The lowest BCUT2D eigenvalue weighted by atomic mass is 9.91. The lowest BCUT2D eigenvalue weighted by Crippen LogP contribution is -2.06. The molecule has 0 N–H and O–H groups in total. The second-order valence-corrected chi connectivity index (χ2v) is 5.41. The highest BCUT2D eigenvalue weighted by Gasteiger charge is 2.51. The summed E-state index contributed by atoms with van der Waals surface area (Å²) in [6.45, 7) is 6.50. The van der Waals surface area contributed by atoms with Gasteiger partial charge in [0.25, 0.3) is 0 Å². The van der Waals surface area contributed by atoms with Gasteiger partial charge < -0.3 is 4.74 Å². The molecule has 0 heterocycles. The van der Waals surface area contributed by atoms with Crippen LogP contribution in [0.15, 0.2) is 18.2 Å². The first-order valence-electron chi connectivity index (χ1n) is 6.11. The first-order chi connectivity index (χ1) is 8.02. The molecule has 1 aromatic carbocycles. The summed E-state index contributed by atoms with van der Waals surface area (Å²) in [5, 5.41) is 9.01. The molecule has 1 aliphatic carbocycles. The molecule has 90 valence electrons. The van der Waals surface area contributed by atoms with E-state index in [9.17, 15) is 0 Å². The number of rotatable bonds is 3. The van der Waals surface area contributed by atoms with E-state index in [1.54, 1.807) is 7.11 Å². The first kappa shape index (κ1) is 12.0. The Kier molecular flexibility index (Phi) is 2.87. The SMILES string of the molecule is COc1ccc(C2(C)CC2C#N)cc1C(C)C. The van der Waals surface area contributed by atoms with E-state index in [-0.39, 0.29) is 11.3 Å². The fourth-order valence-electron chi connectivity index (χ4n) is 2.41. The smallest absolute Gasteiger partial charge is 0.122 e. The van der Waals surface area contributed by atoms with Gasteiger partial charge in [-0.1, -0.05) is 32.9 Å². The first-order valence-corrected chi connectivity index (χ1v) is 6.11. The molecule has 0 aliphatic heterocycles. The van der Waals surface area contributed by atoms with E-state index in [4.69, 9.17) is 10.00 Å². The lowest BCUT2D eigenvalue weighted by molar-refractivity contribution is 0.407. The molecule has 2 unspecified atom stereocenters. The number of hydrogen-bond acceptors (Lipinski definition) is 2. The molecule has 2 nitrogen and oxygen atoms in total. The molecule has 0 spiro atoms. The minimum Gasteiger partial charge on any atom is -0.496 e. The van der Waals surface area contributed by atoms with Gasteiger partial charge >= 0.3 is 0 Å². The van der Waals surface area contributed by atoms with Crippen molar-refractivity contribution >= 4 is 0 Å². The van der Waals surface area contributed by atoms with Crippen molar-refractivity contribution in [3.63, 3.8) is 0 Å².